The van der Waals surface area contributed by atoms with Crippen molar-refractivity contribution in [2.75, 3.05) is 0 Å². The fraction of sp³-hybridized carbons (Fsp3) is 0.364. The Labute approximate surface area is 291 Å². The Morgan fingerprint density at radius 2 is 1.51 bits per heavy atom. The Morgan fingerprint density at radius 1 is 0.755 bits per heavy atom. The Morgan fingerprint density at radius 3 is 2.24 bits per heavy atom. The highest BCUT2D eigenvalue weighted by molar-refractivity contribution is 6.09. The summed E-state index contributed by atoms with van der Waals surface area (Å²) in [6, 6.07) is 25.5. The summed E-state index contributed by atoms with van der Waals surface area (Å²) >= 11 is 0. The monoisotopic (exact) mass is 650 g/mol. The predicted octanol–water partition coefficient (Wildman–Crippen LogP) is 11.9. The van der Waals surface area contributed by atoms with Crippen LogP contribution in [-0.4, -0.2) is 19.3 Å². The van der Waals surface area contributed by atoms with Crippen LogP contribution in [0.25, 0.3) is 33.3 Å². The average molecular weight is 651 g/mol. The summed E-state index contributed by atoms with van der Waals surface area (Å²) in [6.07, 6.45) is 6.74. The molecule has 5 nitrogen and oxygen atoms in total. The third kappa shape index (κ3) is 5.98. The lowest BCUT2D eigenvalue weighted by molar-refractivity contribution is 0.180. The summed E-state index contributed by atoms with van der Waals surface area (Å²) in [4.78, 5) is 4.75. The second-order valence-electron chi connectivity index (χ2n) is 16.3. The number of aryl methyl sites for hydroxylation is 3. The minimum atomic E-state index is 0.0854. The molecule has 0 bridgehead atoms. The number of hydrogen-bond donors (Lipinski definition) is 0. The van der Waals surface area contributed by atoms with Gasteiger partial charge in [0.2, 0.25) is 0 Å². The number of hydrogen-bond acceptors (Lipinski definition) is 3. The fourth-order valence-electron chi connectivity index (χ4n) is 8.30. The van der Waals surface area contributed by atoms with E-state index in [2.05, 4.69) is 151 Å². The SMILES string of the molecule is Cc1cc(Oc2ccc3c4ccccc4n(-c4cc(C)ccn4)c3c2)cc(-n2nc(C)c(C3C(C(C)(C)C)=CCC[C@@H]3C(C)(C)C)c2C)c1. The molecular weight excluding hydrogens is 601 g/mol. The third-order valence-corrected chi connectivity index (χ3v) is 10.5. The van der Waals surface area contributed by atoms with Gasteiger partial charge in [0.1, 0.15) is 17.3 Å². The maximum absolute atomic E-state index is 6.67. The van der Waals surface area contributed by atoms with E-state index in [1.165, 1.54) is 34.0 Å². The van der Waals surface area contributed by atoms with Crippen LogP contribution in [0.4, 0.5) is 0 Å². The molecule has 5 heteroatoms. The molecule has 1 aliphatic carbocycles. The lowest BCUT2D eigenvalue weighted by Crippen LogP contribution is -2.34. The molecule has 2 atom stereocenters. The normalized spacial score (nSPS) is 17.1. The highest BCUT2D eigenvalue weighted by Gasteiger charge is 2.42. The summed E-state index contributed by atoms with van der Waals surface area (Å²) in [5, 5.41) is 7.59. The lowest BCUT2D eigenvalue weighted by atomic mass is 9.59. The van der Waals surface area contributed by atoms with E-state index in [9.17, 15) is 0 Å². The summed E-state index contributed by atoms with van der Waals surface area (Å²) in [7, 11) is 0. The van der Waals surface area contributed by atoms with Crippen molar-refractivity contribution in [2.24, 2.45) is 16.7 Å². The number of para-hydroxylation sites is 1. The quantitative estimate of drug-likeness (QED) is 0.174. The smallest absolute Gasteiger partial charge is 0.137 e. The number of nitrogens with zero attached hydrogens (tertiary/aromatic N) is 4. The molecule has 252 valence electrons. The van der Waals surface area contributed by atoms with Crippen LogP contribution in [0.1, 0.15) is 88.4 Å². The average Bonchev–Trinajstić information content (AvgIpc) is 3.52. The highest BCUT2D eigenvalue weighted by Crippen LogP contribution is 2.53. The van der Waals surface area contributed by atoms with Crippen LogP contribution in [-0.2, 0) is 0 Å². The van der Waals surface area contributed by atoms with Crippen LogP contribution in [0.15, 0.2) is 90.6 Å². The number of benzene rings is 3. The van der Waals surface area contributed by atoms with Crippen LogP contribution in [0.3, 0.4) is 0 Å². The summed E-state index contributed by atoms with van der Waals surface area (Å²) in [5.41, 5.74) is 11.0. The summed E-state index contributed by atoms with van der Waals surface area (Å²) in [5.74, 6) is 3.35. The van der Waals surface area contributed by atoms with Gasteiger partial charge in [-0.05, 0) is 111 Å². The molecule has 49 heavy (non-hydrogen) atoms. The number of fused-ring (bicyclic) bond motifs is 3. The number of pyridine rings is 1. The second-order valence-corrected chi connectivity index (χ2v) is 16.3. The number of rotatable bonds is 5. The Kier molecular flexibility index (Phi) is 8.09. The minimum Gasteiger partial charge on any atom is -0.457 e. The van der Waals surface area contributed by atoms with Crippen LogP contribution in [0.5, 0.6) is 11.5 Å². The molecule has 0 saturated carbocycles. The van der Waals surface area contributed by atoms with Crippen LogP contribution >= 0.6 is 0 Å². The Hall–Kier alpha value is -4.64. The van der Waals surface area contributed by atoms with E-state index in [-0.39, 0.29) is 10.8 Å². The first-order valence-electron chi connectivity index (χ1n) is 17.7. The topological polar surface area (TPSA) is 44.9 Å². The zero-order chi connectivity index (χ0) is 34.8. The van der Waals surface area contributed by atoms with Gasteiger partial charge in [0.05, 0.1) is 22.4 Å². The molecule has 0 saturated heterocycles. The van der Waals surface area contributed by atoms with Crippen molar-refractivity contribution in [3.05, 3.63) is 119 Å². The molecule has 0 aliphatic heterocycles. The van der Waals surface area contributed by atoms with E-state index in [4.69, 9.17) is 14.8 Å². The van der Waals surface area contributed by atoms with Crippen molar-refractivity contribution in [3.8, 4) is 23.0 Å². The maximum atomic E-state index is 6.67. The van der Waals surface area contributed by atoms with Gasteiger partial charge >= 0.3 is 0 Å². The minimum absolute atomic E-state index is 0.0854. The Bertz CT molecular complexity index is 2230. The van der Waals surface area contributed by atoms with Crippen molar-refractivity contribution < 1.29 is 4.74 Å². The van der Waals surface area contributed by atoms with Gasteiger partial charge in [-0.3, -0.25) is 4.57 Å². The van der Waals surface area contributed by atoms with E-state index in [1.807, 2.05) is 12.3 Å². The molecule has 3 aromatic heterocycles. The molecule has 1 aliphatic rings. The summed E-state index contributed by atoms with van der Waals surface area (Å²) < 4.78 is 11.1. The van der Waals surface area contributed by atoms with Crippen molar-refractivity contribution in [2.45, 2.75) is 88.0 Å². The van der Waals surface area contributed by atoms with Gasteiger partial charge in [0.15, 0.2) is 0 Å². The van der Waals surface area contributed by atoms with Crippen LogP contribution < -0.4 is 4.74 Å². The molecule has 0 radical (unpaired) electrons. The van der Waals surface area contributed by atoms with Gasteiger partial charge in [0.25, 0.3) is 0 Å². The van der Waals surface area contributed by atoms with Gasteiger partial charge in [-0.15, -0.1) is 0 Å². The molecule has 6 aromatic rings. The number of aromatic nitrogens is 4. The van der Waals surface area contributed by atoms with Crippen molar-refractivity contribution in [3.63, 3.8) is 0 Å². The summed E-state index contributed by atoms with van der Waals surface area (Å²) in [6.45, 7) is 23.0. The number of allylic oxidation sites excluding steroid dienone is 2. The first-order chi connectivity index (χ1) is 23.2. The van der Waals surface area contributed by atoms with Gasteiger partial charge in [-0.1, -0.05) is 71.4 Å². The standard InChI is InChI=1S/C44H50N4O/c1-27-20-21-45-40(24-27)47-38-17-12-11-14-34(38)35-19-18-32(26-39(35)47)49-33-23-28(2)22-31(25-33)48-30(4)41(29(3)46-48)42-36(43(5,6)7)15-13-16-37(42)44(8,9)10/h11-12,14-15,17-26,37,42H,13,16H2,1-10H3/t37-,42?/m0/s1. The third-order valence-electron chi connectivity index (χ3n) is 10.5. The van der Waals surface area contributed by atoms with Crippen LogP contribution in [0, 0.1) is 44.4 Å². The zero-order valence-electron chi connectivity index (χ0n) is 30.8. The van der Waals surface area contributed by atoms with Gasteiger partial charge < -0.3 is 4.74 Å². The first-order valence-corrected chi connectivity index (χ1v) is 17.7. The Balaban J connectivity index is 1.30. The largest absolute Gasteiger partial charge is 0.457 e. The molecule has 3 aromatic carbocycles. The van der Waals surface area contributed by atoms with Gasteiger partial charge in [-0.25, -0.2) is 9.67 Å². The lowest BCUT2D eigenvalue weighted by Gasteiger charge is -2.45. The van der Waals surface area contributed by atoms with Crippen molar-refractivity contribution >= 4 is 21.8 Å². The molecule has 0 amide bonds. The molecule has 1 unspecified atom stereocenters. The zero-order valence-corrected chi connectivity index (χ0v) is 30.8. The molecule has 3 heterocycles. The fourth-order valence-corrected chi connectivity index (χ4v) is 8.30. The highest BCUT2D eigenvalue weighted by atomic mass is 16.5. The molecular formula is C44H50N4O. The van der Waals surface area contributed by atoms with E-state index >= 15 is 0 Å². The van der Waals surface area contributed by atoms with E-state index in [0.29, 0.717) is 11.8 Å². The van der Waals surface area contributed by atoms with E-state index < -0.39 is 0 Å². The molecule has 0 spiro atoms. The van der Waals surface area contributed by atoms with Crippen molar-refractivity contribution in [1.82, 2.24) is 19.3 Å². The van der Waals surface area contributed by atoms with Crippen LogP contribution in [0.2, 0.25) is 0 Å². The second kappa shape index (κ2) is 12.0. The van der Waals surface area contributed by atoms with Gasteiger partial charge in [0, 0.05) is 46.3 Å². The van der Waals surface area contributed by atoms with E-state index in [1.54, 1.807) is 5.57 Å². The molecule has 0 N–H and O–H groups in total. The number of ether oxygens (including phenoxy) is 1. The molecule has 7 rings (SSSR count). The first kappa shape index (κ1) is 32.9. The van der Waals surface area contributed by atoms with Crippen molar-refractivity contribution in [1.29, 1.82) is 0 Å². The molecule has 0 fully saturated rings. The van der Waals surface area contributed by atoms with E-state index in [0.717, 1.165) is 51.7 Å². The predicted molar refractivity (Wildman–Crippen MR) is 204 cm³/mol. The van der Waals surface area contributed by atoms with Gasteiger partial charge in [-0.2, -0.15) is 5.10 Å². The maximum Gasteiger partial charge on any atom is 0.137 e.